The van der Waals surface area contributed by atoms with E-state index in [0.717, 1.165) is 4.88 Å². The van der Waals surface area contributed by atoms with E-state index >= 15 is 0 Å². The fraction of sp³-hybridized carbons (Fsp3) is 0.529. The van der Waals surface area contributed by atoms with Crippen molar-refractivity contribution in [3.8, 4) is 10.7 Å². The summed E-state index contributed by atoms with van der Waals surface area (Å²) in [7, 11) is 0. The van der Waals surface area contributed by atoms with Crippen LogP contribution in [0.4, 0.5) is 13.2 Å². The molecule has 0 bridgehead atoms. The van der Waals surface area contributed by atoms with Crippen molar-refractivity contribution in [1.82, 2.24) is 25.6 Å². The van der Waals surface area contributed by atoms with Crippen LogP contribution < -0.4 is 10.6 Å². The maximum atomic E-state index is 12.5. The fourth-order valence-corrected chi connectivity index (χ4v) is 3.64. The molecule has 0 unspecified atom stereocenters. The summed E-state index contributed by atoms with van der Waals surface area (Å²) in [5, 5.41) is 5.47. The summed E-state index contributed by atoms with van der Waals surface area (Å²) in [5.74, 6) is 0.167. The van der Waals surface area contributed by atoms with Crippen LogP contribution in [0, 0.1) is 6.92 Å². The zero-order chi connectivity index (χ0) is 19.4. The maximum Gasteiger partial charge on any atom is 0.401 e. The molecule has 0 aliphatic heterocycles. The molecule has 2 heterocycles. The van der Waals surface area contributed by atoms with Gasteiger partial charge in [0.15, 0.2) is 5.82 Å². The van der Waals surface area contributed by atoms with E-state index in [4.69, 9.17) is 0 Å². The quantitative estimate of drug-likeness (QED) is 0.808. The van der Waals surface area contributed by atoms with Crippen LogP contribution in [0.25, 0.3) is 10.7 Å². The van der Waals surface area contributed by atoms with Crippen LogP contribution >= 0.6 is 11.3 Å². The highest BCUT2D eigenvalue weighted by Gasteiger charge is 2.30. The van der Waals surface area contributed by atoms with Crippen LogP contribution in [-0.4, -0.2) is 45.7 Å². The summed E-state index contributed by atoms with van der Waals surface area (Å²) >= 11 is 1.39. The van der Waals surface area contributed by atoms with Crippen molar-refractivity contribution in [2.45, 2.75) is 50.9 Å². The summed E-state index contributed by atoms with van der Waals surface area (Å²) in [6, 6.07) is 1.39. The minimum Gasteiger partial charge on any atom is -0.348 e. The van der Waals surface area contributed by atoms with Crippen LogP contribution in [0.5, 0.6) is 0 Å². The molecule has 1 aliphatic rings. The molecule has 0 saturated heterocycles. The first-order valence-electron chi connectivity index (χ1n) is 8.66. The van der Waals surface area contributed by atoms with Crippen molar-refractivity contribution in [1.29, 1.82) is 0 Å². The first kappa shape index (κ1) is 19.7. The molecule has 2 N–H and O–H groups in total. The number of carbonyl (C=O) groups is 1. The van der Waals surface area contributed by atoms with Crippen LogP contribution in [0.2, 0.25) is 0 Å². The lowest BCUT2D eigenvalue weighted by Gasteiger charge is -2.30. The van der Waals surface area contributed by atoms with Crippen LogP contribution in [0.15, 0.2) is 17.8 Å². The van der Waals surface area contributed by atoms with Crippen molar-refractivity contribution < 1.29 is 18.0 Å². The highest BCUT2D eigenvalue weighted by atomic mass is 32.1. The average Bonchev–Trinajstić information content (AvgIpc) is 3.14. The molecule has 0 spiro atoms. The number of carbonyl (C=O) groups excluding carboxylic acids is 1. The predicted octanol–water partition coefficient (Wildman–Crippen LogP) is 3.10. The summed E-state index contributed by atoms with van der Waals surface area (Å²) in [5.41, 5.74) is 2.63. The summed E-state index contributed by atoms with van der Waals surface area (Å²) < 4.78 is 36.8. The van der Waals surface area contributed by atoms with E-state index in [1.54, 1.807) is 24.7 Å². The Morgan fingerprint density at radius 2 is 1.93 bits per heavy atom. The zero-order valence-electron chi connectivity index (χ0n) is 14.7. The molecule has 6 nitrogen and oxygen atoms in total. The smallest absolute Gasteiger partial charge is 0.348 e. The van der Waals surface area contributed by atoms with E-state index in [1.807, 2.05) is 0 Å². The summed E-state index contributed by atoms with van der Waals surface area (Å²) in [6.07, 6.45) is -0.103. The summed E-state index contributed by atoms with van der Waals surface area (Å²) in [6.45, 7) is 0.815. The third kappa shape index (κ3) is 5.70. The largest absolute Gasteiger partial charge is 0.401 e. The molecular formula is C17H20F3N5OS. The number of hydrogen-bond donors (Lipinski definition) is 2. The standard InChI is InChI=1S/C17H20F3N5OS/c1-10-6-13(25-15(23-10)14-7-21-9-27-14)16(26)24-12-4-2-11(3-5-12)22-8-17(18,19)20/h6-7,9,11-12,22H,2-5,8H2,1H3,(H,24,26). The first-order chi connectivity index (χ1) is 12.8. The number of halogens is 3. The second-order valence-electron chi connectivity index (χ2n) is 6.60. The molecule has 2 aromatic heterocycles. The Balaban J connectivity index is 1.56. The van der Waals surface area contributed by atoms with E-state index < -0.39 is 12.7 Å². The Kier molecular flexibility index (Phi) is 6.05. The average molecular weight is 399 g/mol. The van der Waals surface area contributed by atoms with Crippen molar-refractivity contribution in [3.05, 3.63) is 29.2 Å². The van der Waals surface area contributed by atoms with Gasteiger partial charge in [-0.25, -0.2) is 9.97 Å². The molecule has 27 heavy (non-hydrogen) atoms. The molecule has 1 saturated carbocycles. The zero-order valence-corrected chi connectivity index (χ0v) is 15.5. The van der Waals surface area contributed by atoms with Gasteiger partial charge in [-0.15, -0.1) is 11.3 Å². The van der Waals surface area contributed by atoms with E-state index in [9.17, 15) is 18.0 Å². The maximum absolute atomic E-state index is 12.5. The molecule has 10 heteroatoms. The Hall–Kier alpha value is -2.07. The number of alkyl halides is 3. The van der Waals surface area contributed by atoms with Gasteiger partial charge in [-0.3, -0.25) is 9.78 Å². The number of nitrogens with one attached hydrogen (secondary N) is 2. The molecule has 1 amide bonds. The molecule has 2 aromatic rings. The molecule has 1 fully saturated rings. The van der Waals surface area contributed by atoms with Crippen molar-refractivity contribution in [2.24, 2.45) is 0 Å². The third-order valence-electron chi connectivity index (χ3n) is 4.39. The fourth-order valence-electron chi connectivity index (χ4n) is 3.08. The number of thiazole rings is 1. The van der Waals surface area contributed by atoms with Gasteiger partial charge in [0, 0.05) is 24.0 Å². The van der Waals surface area contributed by atoms with Gasteiger partial charge in [-0.1, -0.05) is 0 Å². The van der Waals surface area contributed by atoms with Gasteiger partial charge in [-0.2, -0.15) is 13.2 Å². The predicted molar refractivity (Wildman–Crippen MR) is 95.4 cm³/mol. The lowest BCUT2D eigenvalue weighted by Crippen LogP contribution is -2.44. The van der Waals surface area contributed by atoms with Gasteiger partial charge in [-0.05, 0) is 38.7 Å². The Morgan fingerprint density at radius 3 is 2.56 bits per heavy atom. The normalized spacial score (nSPS) is 20.4. The van der Waals surface area contributed by atoms with Gasteiger partial charge < -0.3 is 10.6 Å². The number of hydrogen-bond acceptors (Lipinski definition) is 6. The topological polar surface area (TPSA) is 79.8 Å². The number of nitrogens with zero attached hydrogens (tertiary/aromatic N) is 3. The molecular weight excluding hydrogens is 379 g/mol. The van der Waals surface area contributed by atoms with Gasteiger partial charge in [0.25, 0.3) is 5.91 Å². The second-order valence-corrected chi connectivity index (χ2v) is 7.49. The molecule has 3 rings (SSSR count). The first-order valence-corrected chi connectivity index (χ1v) is 9.53. The van der Waals surface area contributed by atoms with E-state index in [-0.39, 0.29) is 23.7 Å². The number of rotatable bonds is 5. The van der Waals surface area contributed by atoms with Crippen LogP contribution in [0.1, 0.15) is 41.9 Å². The monoisotopic (exact) mass is 399 g/mol. The Labute approximate surface area is 158 Å². The highest BCUT2D eigenvalue weighted by Crippen LogP contribution is 2.22. The number of amides is 1. The lowest BCUT2D eigenvalue weighted by atomic mass is 9.91. The lowest BCUT2D eigenvalue weighted by molar-refractivity contribution is -0.126. The highest BCUT2D eigenvalue weighted by molar-refractivity contribution is 7.13. The third-order valence-corrected chi connectivity index (χ3v) is 5.16. The summed E-state index contributed by atoms with van der Waals surface area (Å²) in [4.78, 5) is 26.0. The van der Waals surface area contributed by atoms with E-state index in [2.05, 4.69) is 25.6 Å². The van der Waals surface area contributed by atoms with E-state index in [0.29, 0.717) is 37.2 Å². The molecule has 1 aliphatic carbocycles. The van der Waals surface area contributed by atoms with Gasteiger partial charge in [0.1, 0.15) is 5.69 Å². The van der Waals surface area contributed by atoms with Crippen molar-refractivity contribution in [3.63, 3.8) is 0 Å². The molecule has 0 aromatic carbocycles. The van der Waals surface area contributed by atoms with Gasteiger partial charge in [0.2, 0.25) is 0 Å². The van der Waals surface area contributed by atoms with Gasteiger partial charge in [0.05, 0.1) is 16.9 Å². The van der Waals surface area contributed by atoms with Crippen molar-refractivity contribution >= 4 is 17.2 Å². The molecule has 146 valence electrons. The minimum atomic E-state index is -4.20. The SMILES string of the molecule is Cc1cc(C(=O)NC2CCC(NCC(F)(F)F)CC2)nc(-c2cncs2)n1. The van der Waals surface area contributed by atoms with Crippen molar-refractivity contribution in [2.75, 3.05) is 6.54 Å². The van der Waals surface area contributed by atoms with Crippen LogP contribution in [0.3, 0.4) is 0 Å². The van der Waals surface area contributed by atoms with Gasteiger partial charge >= 0.3 is 6.18 Å². The molecule has 0 atom stereocenters. The number of aromatic nitrogens is 3. The van der Waals surface area contributed by atoms with E-state index in [1.165, 1.54) is 11.3 Å². The minimum absolute atomic E-state index is 0.0661. The van der Waals surface area contributed by atoms with Crippen LogP contribution in [-0.2, 0) is 0 Å². The Bertz CT molecular complexity index is 773. The molecule has 0 radical (unpaired) electrons. The Morgan fingerprint density at radius 1 is 1.22 bits per heavy atom. The number of aryl methyl sites for hydroxylation is 1. The second kappa shape index (κ2) is 8.30.